The van der Waals surface area contributed by atoms with Crippen LogP contribution in [0.3, 0.4) is 0 Å². The second-order valence-corrected chi connectivity index (χ2v) is 7.21. The Hall–Kier alpha value is -2.20. The Bertz CT molecular complexity index is 869. The van der Waals surface area contributed by atoms with Gasteiger partial charge in [0.15, 0.2) is 0 Å². The maximum absolute atomic E-state index is 12.7. The van der Waals surface area contributed by atoms with E-state index in [2.05, 4.69) is 34.1 Å². The quantitative estimate of drug-likeness (QED) is 0.748. The van der Waals surface area contributed by atoms with Crippen LogP contribution in [0, 0.1) is 5.92 Å². The summed E-state index contributed by atoms with van der Waals surface area (Å²) in [5.74, 6) is -0.238. The molecule has 4 rings (SSSR count). The molecular weight excluding hydrogens is 366 g/mol. The third kappa shape index (κ3) is 2.33. The van der Waals surface area contributed by atoms with E-state index in [0.717, 1.165) is 15.6 Å². The van der Waals surface area contributed by atoms with Crippen molar-refractivity contribution in [3.8, 4) is 0 Å². The van der Waals surface area contributed by atoms with E-state index < -0.39 is 0 Å². The highest BCUT2D eigenvalue weighted by Gasteiger charge is 2.44. The number of amides is 2. The molecule has 1 fully saturated rings. The molecule has 0 unspecified atom stereocenters. The lowest BCUT2D eigenvalue weighted by Gasteiger charge is -2.30. The molecule has 4 heteroatoms. The van der Waals surface area contributed by atoms with E-state index in [9.17, 15) is 9.59 Å². The van der Waals surface area contributed by atoms with Crippen molar-refractivity contribution >= 4 is 33.8 Å². The molecular formula is C20H16BrNO2. The van der Waals surface area contributed by atoms with E-state index in [1.54, 1.807) is 0 Å². The molecule has 2 amide bonds. The summed E-state index contributed by atoms with van der Waals surface area (Å²) in [6.07, 6.45) is 1.96. The van der Waals surface area contributed by atoms with Crippen LogP contribution in [0.1, 0.15) is 29.5 Å². The number of benzene rings is 2. The van der Waals surface area contributed by atoms with Crippen molar-refractivity contribution in [2.24, 2.45) is 5.92 Å². The zero-order chi connectivity index (χ0) is 16.8. The number of rotatable bonds is 1. The topological polar surface area (TPSA) is 37.4 Å². The third-order valence-corrected chi connectivity index (χ3v) is 5.45. The summed E-state index contributed by atoms with van der Waals surface area (Å²) >= 11 is 3.48. The number of hydrogen-bond acceptors (Lipinski definition) is 2. The molecule has 0 aromatic heterocycles. The molecule has 0 bridgehead atoms. The zero-order valence-electron chi connectivity index (χ0n) is 13.2. The first-order chi connectivity index (χ1) is 11.6. The normalized spacial score (nSPS) is 22.0. The van der Waals surface area contributed by atoms with Crippen molar-refractivity contribution in [3.63, 3.8) is 0 Å². The standard InChI is InChI=1S/C20H16BrNO2/c1-12(23)22-11-18-17(20(22)24)10-14-4-2-3-5-16(14)19(18)13-6-8-15(21)9-7-13/h2-10,18-19H,11H2,1H3/t18-,19+/m0/s1. The molecule has 120 valence electrons. The van der Waals surface area contributed by atoms with E-state index >= 15 is 0 Å². The molecule has 2 atom stereocenters. The minimum absolute atomic E-state index is 0.0116. The number of imide groups is 1. The van der Waals surface area contributed by atoms with Crippen molar-refractivity contribution in [1.29, 1.82) is 0 Å². The molecule has 0 spiro atoms. The van der Waals surface area contributed by atoms with Gasteiger partial charge >= 0.3 is 0 Å². The number of fused-ring (bicyclic) bond motifs is 2. The van der Waals surface area contributed by atoms with Gasteiger partial charge in [0.05, 0.1) is 0 Å². The van der Waals surface area contributed by atoms with Crippen LogP contribution in [-0.4, -0.2) is 23.3 Å². The highest BCUT2D eigenvalue weighted by molar-refractivity contribution is 9.10. The van der Waals surface area contributed by atoms with E-state index in [4.69, 9.17) is 0 Å². The van der Waals surface area contributed by atoms with E-state index in [1.165, 1.54) is 23.0 Å². The smallest absolute Gasteiger partial charge is 0.256 e. The predicted molar refractivity (Wildman–Crippen MR) is 96.3 cm³/mol. The molecule has 0 saturated carbocycles. The molecule has 3 nitrogen and oxygen atoms in total. The van der Waals surface area contributed by atoms with Crippen molar-refractivity contribution in [2.45, 2.75) is 12.8 Å². The van der Waals surface area contributed by atoms with Crippen LogP contribution >= 0.6 is 15.9 Å². The third-order valence-electron chi connectivity index (χ3n) is 4.92. The Kier molecular flexibility index (Phi) is 3.65. The Labute approximate surface area is 149 Å². The first-order valence-electron chi connectivity index (χ1n) is 7.94. The van der Waals surface area contributed by atoms with Crippen LogP contribution in [0.4, 0.5) is 0 Å². The molecule has 1 aliphatic heterocycles. The second-order valence-electron chi connectivity index (χ2n) is 6.30. The van der Waals surface area contributed by atoms with Crippen LogP contribution < -0.4 is 0 Å². The van der Waals surface area contributed by atoms with Crippen molar-refractivity contribution in [2.75, 3.05) is 6.54 Å². The van der Waals surface area contributed by atoms with E-state index in [0.29, 0.717) is 6.54 Å². The maximum atomic E-state index is 12.7. The highest BCUT2D eigenvalue weighted by Crippen LogP contribution is 2.46. The predicted octanol–water partition coefficient (Wildman–Crippen LogP) is 3.98. The maximum Gasteiger partial charge on any atom is 0.256 e. The number of halogens is 1. The molecule has 1 saturated heterocycles. The Morgan fingerprint density at radius 2 is 1.83 bits per heavy atom. The summed E-state index contributed by atoms with van der Waals surface area (Å²) < 4.78 is 1.03. The minimum Gasteiger partial charge on any atom is -0.278 e. The van der Waals surface area contributed by atoms with Gasteiger partial charge in [-0.15, -0.1) is 0 Å². The fourth-order valence-electron chi connectivity index (χ4n) is 3.81. The van der Waals surface area contributed by atoms with E-state index in [-0.39, 0.29) is 23.7 Å². The number of nitrogens with zero attached hydrogens (tertiary/aromatic N) is 1. The lowest BCUT2D eigenvalue weighted by atomic mass is 9.73. The summed E-state index contributed by atoms with van der Waals surface area (Å²) in [6, 6.07) is 16.4. The fourth-order valence-corrected chi connectivity index (χ4v) is 4.07. The van der Waals surface area contributed by atoms with Gasteiger partial charge in [0, 0.05) is 35.4 Å². The SMILES string of the molecule is CC(=O)N1C[C@H]2C(=Cc3ccccc3[C@H]2c2ccc(Br)cc2)C1=O. The summed E-state index contributed by atoms with van der Waals surface area (Å²) in [6.45, 7) is 1.91. The first-order valence-corrected chi connectivity index (χ1v) is 8.74. The summed E-state index contributed by atoms with van der Waals surface area (Å²) in [5.41, 5.74) is 4.19. The number of carbonyl (C=O) groups excluding carboxylic acids is 2. The molecule has 2 aromatic rings. The Balaban J connectivity index is 1.88. The lowest BCUT2D eigenvalue weighted by molar-refractivity contribution is -0.138. The molecule has 2 aliphatic rings. The molecule has 0 N–H and O–H groups in total. The molecule has 24 heavy (non-hydrogen) atoms. The highest BCUT2D eigenvalue weighted by atomic mass is 79.9. The fraction of sp³-hybridized carbons (Fsp3) is 0.200. The van der Waals surface area contributed by atoms with Crippen LogP contribution in [0.25, 0.3) is 6.08 Å². The van der Waals surface area contributed by atoms with Gasteiger partial charge in [-0.2, -0.15) is 0 Å². The number of carbonyl (C=O) groups is 2. The van der Waals surface area contributed by atoms with Crippen LogP contribution in [-0.2, 0) is 9.59 Å². The van der Waals surface area contributed by atoms with Gasteiger partial charge in [0.1, 0.15) is 0 Å². The van der Waals surface area contributed by atoms with Crippen molar-refractivity contribution in [1.82, 2.24) is 4.90 Å². The van der Waals surface area contributed by atoms with Gasteiger partial charge in [-0.25, -0.2) is 0 Å². The molecule has 1 heterocycles. The number of hydrogen-bond donors (Lipinski definition) is 0. The average Bonchev–Trinajstić information content (AvgIpc) is 2.91. The van der Waals surface area contributed by atoms with Crippen molar-refractivity contribution in [3.05, 3.63) is 75.3 Å². The summed E-state index contributed by atoms with van der Waals surface area (Å²) in [5, 5.41) is 0. The van der Waals surface area contributed by atoms with Gasteiger partial charge < -0.3 is 0 Å². The van der Waals surface area contributed by atoms with E-state index in [1.807, 2.05) is 36.4 Å². The molecule has 2 aromatic carbocycles. The van der Waals surface area contributed by atoms with Crippen LogP contribution in [0.2, 0.25) is 0 Å². The van der Waals surface area contributed by atoms with Crippen LogP contribution in [0.5, 0.6) is 0 Å². The second kappa shape index (κ2) is 5.71. The van der Waals surface area contributed by atoms with Gasteiger partial charge in [-0.1, -0.05) is 52.3 Å². The molecule has 0 radical (unpaired) electrons. The Morgan fingerprint density at radius 1 is 1.12 bits per heavy atom. The average molecular weight is 382 g/mol. The van der Waals surface area contributed by atoms with Gasteiger partial charge in [0.2, 0.25) is 5.91 Å². The van der Waals surface area contributed by atoms with Gasteiger partial charge in [0.25, 0.3) is 5.91 Å². The first kappa shape index (κ1) is 15.3. The Morgan fingerprint density at radius 3 is 2.54 bits per heavy atom. The monoisotopic (exact) mass is 381 g/mol. The van der Waals surface area contributed by atoms with Crippen molar-refractivity contribution < 1.29 is 9.59 Å². The summed E-state index contributed by atoms with van der Waals surface area (Å²) in [7, 11) is 0. The largest absolute Gasteiger partial charge is 0.278 e. The lowest BCUT2D eigenvalue weighted by Crippen LogP contribution is -2.30. The summed E-state index contributed by atoms with van der Waals surface area (Å²) in [4.78, 5) is 25.9. The van der Waals surface area contributed by atoms with Crippen LogP contribution in [0.15, 0.2) is 58.6 Å². The molecule has 1 aliphatic carbocycles. The zero-order valence-corrected chi connectivity index (χ0v) is 14.8. The van der Waals surface area contributed by atoms with Gasteiger partial charge in [-0.3, -0.25) is 14.5 Å². The van der Waals surface area contributed by atoms with Gasteiger partial charge in [-0.05, 0) is 34.9 Å². The number of likely N-dealkylation sites (tertiary alicyclic amines) is 1. The minimum atomic E-state index is -0.186.